The molecule has 0 aliphatic heterocycles. The van der Waals surface area contributed by atoms with Gasteiger partial charge in [0.15, 0.2) is 5.11 Å². The molecule has 21 heavy (non-hydrogen) atoms. The van der Waals surface area contributed by atoms with Crippen LogP contribution in [0.1, 0.15) is 52.4 Å². The minimum absolute atomic E-state index is 0.00676. The molecule has 0 rings (SSSR count). The number of carbonyl (C=O) groups is 3. The summed E-state index contributed by atoms with van der Waals surface area (Å²) in [6, 6.07) is 0. The van der Waals surface area contributed by atoms with E-state index in [1.165, 1.54) is 0 Å². The van der Waals surface area contributed by atoms with Gasteiger partial charge in [0.1, 0.15) is 0 Å². The Morgan fingerprint density at radius 2 is 1.67 bits per heavy atom. The van der Waals surface area contributed by atoms with Crippen molar-refractivity contribution >= 4 is 35.1 Å². The van der Waals surface area contributed by atoms with Crippen LogP contribution in [-0.2, 0) is 19.1 Å². The van der Waals surface area contributed by atoms with Crippen LogP contribution in [0.2, 0.25) is 0 Å². The quantitative estimate of drug-likeness (QED) is 0.267. The van der Waals surface area contributed by atoms with E-state index in [0.29, 0.717) is 6.42 Å². The van der Waals surface area contributed by atoms with Crippen LogP contribution in [0.5, 0.6) is 0 Å². The molecular formula is C13H23N3O4S. The molecule has 3 N–H and O–H groups in total. The number of nitrogens with one attached hydrogen (secondary N) is 3. The first-order valence-corrected chi connectivity index (χ1v) is 7.44. The van der Waals surface area contributed by atoms with Crippen molar-refractivity contribution in [3.63, 3.8) is 0 Å². The molecule has 0 saturated heterocycles. The van der Waals surface area contributed by atoms with E-state index in [-0.39, 0.29) is 30.5 Å². The number of unbranched alkanes of at least 4 members (excludes halogenated alkanes) is 2. The number of hydrogen-bond acceptors (Lipinski definition) is 5. The second-order valence-corrected chi connectivity index (χ2v) is 4.72. The van der Waals surface area contributed by atoms with E-state index >= 15 is 0 Å². The van der Waals surface area contributed by atoms with Gasteiger partial charge in [0.2, 0.25) is 11.8 Å². The predicted octanol–water partition coefficient (Wildman–Crippen LogP) is 0.932. The number of thiocarbonyl (C=S) groups is 1. The molecule has 0 bridgehead atoms. The van der Waals surface area contributed by atoms with Crippen molar-refractivity contribution in [3.05, 3.63) is 0 Å². The zero-order valence-corrected chi connectivity index (χ0v) is 13.3. The third-order valence-electron chi connectivity index (χ3n) is 2.44. The monoisotopic (exact) mass is 317 g/mol. The Morgan fingerprint density at radius 3 is 2.29 bits per heavy atom. The van der Waals surface area contributed by atoms with Crippen molar-refractivity contribution in [1.29, 1.82) is 0 Å². The number of hydrazine groups is 1. The van der Waals surface area contributed by atoms with E-state index in [1.54, 1.807) is 6.92 Å². The summed E-state index contributed by atoms with van der Waals surface area (Å²) < 4.78 is 4.70. The predicted molar refractivity (Wildman–Crippen MR) is 82.0 cm³/mol. The highest BCUT2D eigenvalue weighted by molar-refractivity contribution is 7.80. The summed E-state index contributed by atoms with van der Waals surface area (Å²) >= 11 is 4.84. The zero-order valence-electron chi connectivity index (χ0n) is 12.5. The SMILES string of the molecule is CCCCCC(=O)NNC(=S)NC(=O)CCC(=O)OCC. The van der Waals surface area contributed by atoms with Crippen molar-refractivity contribution in [1.82, 2.24) is 16.2 Å². The highest BCUT2D eigenvalue weighted by Crippen LogP contribution is 1.97. The maximum Gasteiger partial charge on any atom is 0.306 e. The van der Waals surface area contributed by atoms with Gasteiger partial charge in [0, 0.05) is 12.8 Å². The van der Waals surface area contributed by atoms with E-state index in [2.05, 4.69) is 23.1 Å². The molecule has 0 aliphatic carbocycles. The first-order chi connectivity index (χ1) is 9.99. The lowest BCUT2D eigenvalue weighted by atomic mass is 10.2. The molecule has 0 heterocycles. The van der Waals surface area contributed by atoms with Crippen LogP contribution >= 0.6 is 12.2 Å². The summed E-state index contributed by atoms with van der Waals surface area (Å²) in [7, 11) is 0. The lowest BCUT2D eigenvalue weighted by Gasteiger charge is -2.10. The van der Waals surface area contributed by atoms with Gasteiger partial charge in [-0.15, -0.1) is 0 Å². The minimum atomic E-state index is -0.434. The fraction of sp³-hybridized carbons (Fsp3) is 0.692. The van der Waals surface area contributed by atoms with Crippen LogP contribution in [0.25, 0.3) is 0 Å². The second-order valence-electron chi connectivity index (χ2n) is 4.31. The summed E-state index contributed by atoms with van der Waals surface area (Å²) in [5.41, 5.74) is 4.83. The fourth-order valence-electron chi connectivity index (χ4n) is 1.39. The van der Waals surface area contributed by atoms with Crippen LogP contribution in [0.15, 0.2) is 0 Å². The Balaban J connectivity index is 3.75. The van der Waals surface area contributed by atoms with Gasteiger partial charge in [-0.25, -0.2) is 0 Å². The molecule has 0 aromatic heterocycles. The van der Waals surface area contributed by atoms with Crippen molar-refractivity contribution < 1.29 is 19.1 Å². The summed E-state index contributed by atoms with van der Waals surface area (Å²) in [5, 5.41) is 2.35. The van der Waals surface area contributed by atoms with Gasteiger partial charge in [-0.2, -0.15) is 0 Å². The molecule has 7 nitrogen and oxygen atoms in total. The fourth-order valence-corrected chi connectivity index (χ4v) is 1.56. The molecule has 0 aromatic rings. The second kappa shape index (κ2) is 12.1. The lowest BCUT2D eigenvalue weighted by Crippen LogP contribution is -2.48. The largest absolute Gasteiger partial charge is 0.466 e. The van der Waals surface area contributed by atoms with Gasteiger partial charge in [-0.1, -0.05) is 19.8 Å². The van der Waals surface area contributed by atoms with Crippen LogP contribution in [-0.4, -0.2) is 29.5 Å². The van der Waals surface area contributed by atoms with E-state index in [1.807, 2.05) is 0 Å². The minimum Gasteiger partial charge on any atom is -0.466 e. The molecule has 0 saturated carbocycles. The summed E-state index contributed by atoms with van der Waals surface area (Å²) in [6.45, 7) is 4.03. The highest BCUT2D eigenvalue weighted by Gasteiger charge is 2.09. The van der Waals surface area contributed by atoms with Crippen molar-refractivity contribution in [3.8, 4) is 0 Å². The van der Waals surface area contributed by atoms with Crippen LogP contribution in [0.4, 0.5) is 0 Å². The number of rotatable bonds is 8. The number of amides is 2. The third-order valence-corrected chi connectivity index (χ3v) is 2.64. The van der Waals surface area contributed by atoms with Crippen molar-refractivity contribution in [2.45, 2.75) is 52.4 Å². The maximum atomic E-state index is 11.5. The Hall–Kier alpha value is -1.70. The molecular weight excluding hydrogens is 294 g/mol. The first kappa shape index (κ1) is 19.3. The van der Waals surface area contributed by atoms with E-state index in [0.717, 1.165) is 19.3 Å². The highest BCUT2D eigenvalue weighted by atomic mass is 32.1. The number of carbonyl (C=O) groups excluding carboxylic acids is 3. The molecule has 0 aliphatic rings. The van der Waals surface area contributed by atoms with Gasteiger partial charge in [0.25, 0.3) is 0 Å². The van der Waals surface area contributed by atoms with Crippen molar-refractivity contribution in [2.24, 2.45) is 0 Å². The first-order valence-electron chi connectivity index (χ1n) is 7.03. The maximum absolute atomic E-state index is 11.5. The standard InChI is InChI=1S/C13H23N3O4S/c1-3-5-6-7-11(18)15-16-13(21)14-10(17)8-9-12(19)20-4-2/h3-9H2,1-2H3,(H,15,18)(H2,14,16,17,21). The molecule has 0 aromatic carbocycles. The Labute approximate surface area is 130 Å². The third kappa shape index (κ3) is 11.8. The average molecular weight is 317 g/mol. The summed E-state index contributed by atoms with van der Waals surface area (Å²) in [4.78, 5) is 33.9. The Kier molecular flexibility index (Phi) is 11.1. The smallest absolute Gasteiger partial charge is 0.306 e. The average Bonchev–Trinajstić information content (AvgIpc) is 2.43. The molecule has 0 unspecified atom stereocenters. The van der Waals surface area contributed by atoms with Gasteiger partial charge in [0.05, 0.1) is 13.0 Å². The molecule has 0 fully saturated rings. The summed E-state index contributed by atoms with van der Waals surface area (Å²) in [6.07, 6.45) is 3.21. The number of ether oxygens (including phenoxy) is 1. The lowest BCUT2D eigenvalue weighted by molar-refractivity contribution is -0.144. The van der Waals surface area contributed by atoms with Crippen LogP contribution in [0, 0.1) is 0 Å². The van der Waals surface area contributed by atoms with E-state index in [9.17, 15) is 14.4 Å². The van der Waals surface area contributed by atoms with Gasteiger partial charge < -0.3 is 10.1 Å². The summed E-state index contributed by atoms with van der Waals surface area (Å²) in [5.74, 6) is -1.04. The molecule has 120 valence electrons. The Bertz CT molecular complexity index is 374. The molecule has 0 atom stereocenters. The normalized spacial score (nSPS) is 9.62. The van der Waals surface area contributed by atoms with Crippen LogP contribution in [0.3, 0.4) is 0 Å². The zero-order chi connectivity index (χ0) is 16.1. The molecule has 8 heteroatoms. The molecule has 2 amide bonds. The molecule has 0 radical (unpaired) electrons. The molecule has 0 spiro atoms. The van der Waals surface area contributed by atoms with Crippen molar-refractivity contribution in [2.75, 3.05) is 6.61 Å². The van der Waals surface area contributed by atoms with E-state index < -0.39 is 11.9 Å². The number of hydrogen-bond donors (Lipinski definition) is 3. The van der Waals surface area contributed by atoms with Gasteiger partial charge in [-0.05, 0) is 25.6 Å². The van der Waals surface area contributed by atoms with Gasteiger partial charge in [-0.3, -0.25) is 25.2 Å². The topological polar surface area (TPSA) is 96.5 Å². The van der Waals surface area contributed by atoms with Crippen LogP contribution < -0.4 is 16.2 Å². The Morgan fingerprint density at radius 1 is 0.952 bits per heavy atom. The number of esters is 1. The van der Waals surface area contributed by atoms with Gasteiger partial charge >= 0.3 is 5.97 Å². The van der Waals surface area contributed by atoms with E-state index in [4.69, 9.17) is 17.0 Å².